The number of amides is 1. The number of hydrogen-bond acceptors (Lipinski definition) is 7. The summed E-state index contributed by atoms with van der Waals surface area (Å²) in [7, 11) is 0. The van der Waals surface area contributed by atoms with Gasteiger partial charge in [-0.2, -0.15) is 0 Å². The molecule has 3 aromatic rings. The number of thioether (sulfide) groups is 1. The van der Waals surface area contributed by atoms with Crippen LogP contribution in [0.15, 0.2) is 52.4 Å². The van der Waals surface area contributed by atoms with Crippen molar-refractivity contribution >= 4 is 17.7 Å². The summed E-state index contributed by atoms with van der Waals surface area (Å²) in [5, 5.41) is 12.3. The Morgan fingerprint density at radius 3 is 2.88 bits per heavy atom. The number of nitrogens with zero attached hydrogens (tertiary/aromatic N) is 4. The van der Waals surface area contributed by atoms with Crippen LogP contribution in [-0.2, 0) is 10.5 Å². The van der Waals surface area contributed by atoms with Crippen molar-refractivity contribution in [1.29, 1.82) is 0 Å². The van der Waals surface area contributed by atoms with Gasteiger partial charge in [0.15, 0.2) is 23.1 Å². The molecule has 2 aromatic heterocycles. The number of carbonyl (C=O) groups excluding carboxylic acids is 1. The average molecular weight is 484 g/mol. The first-order valence-electron chi connectivity index (χ1n) is 10.6. The van der Waals surface area contributed by atoms with E-state index in [1.807, 2.05) is 6.07 Å². The zero-order valence-corrected chi connectivity index (χ0v) is 18.5. The summed E-state index contributed by atoms with van der Waals surface area (Å²) < 4.78 is 36.4. The number of aromatic nitrogens is 2. The van der Waals surface area contributed by atoms with E-state index in [2.05, 4.69) is 4.98 Å². The molecule has 3 aliphatic rings. The van der Waals surface area contributed by atoms with E-state index in [0.29, 0.717) is 17.9 Å². The molecule has 1 amide bonds. The molecule has 0 spiro atoms. The molecule has 6 rings (SSSR count). The predicted molar refractivity (Wildman–Crippen MR) is 118 cm³/mol. The second-order valence-corrected chi connectivity index (χ2v) is 9.18. The Morgan fingerprint density at radius 2 is 2.03 bits per heavy atom. The number of benzene rings is 1. The van der Waals surface area contributed by atoms with Gasteiger partial charge in [0.05, 0.1) is 18.9 Å². The lowest BCUT2D eigenvalue weighted by atomic mass is 9.96. The van der Waals surface area contributed by atoms with Crippen molar-refractivity contribution in [2.75, 3.05) is 24.8 Å². The van der Waals surface area contributed by atoms with Crippen LogP contribution in [0.1, 0.15) is 33.4 Å². The minimum atomic E-state index is -0.949. The van der Waals surface area contributed by atoms with Gasteiger partial charge in [0.2, 0.25) is 5.43 Å². The first-order chi connectivity index (χ1) is 16.5. The van der Waals surface area contributed by atoms with Gasteiger partial charge in [0.1, 0.15) is 12.2 Å². The molecule has 5 heterocycles. The molecule has 1 aromatic carbocycles. The quantitative estimate of drug-likeness (QED) is 0.568. The summed E-state index contributed by atoms with van der Waals surface area (Å²) in [6.45, 7) is 0.673. The fraction of sp³-hybridized carbons (Fsp3) is 0.261. The number of halogens is 2. The number of ether oxygens (including phenoxy) is 1. The zero-order valence-electron chi connectivity index (χ0n) is 17.6. The molecule has 11 heteroatoms. The van der Waals surface area contributed by atoms with Crippen molar-refractivity contribution in [2.24, 2.45) is 0 Å². The van der Waals surface area contributed by atoms with Crippen molar-refractivity contribution in [3.63, 3.8) is 0 Å². The van der Waals surface area contributed by atoms with E-state index in [1.54, 1.807) is 17.3 Å². The van der Waals surface area contributed by atoms with E-state index < -0.39 is 40.9 Å². The molecule has 2 atom stereocenters. The van der Waals surface area contributed by atoms with Gasteiger partial charge >= 0.3 is 0 Å². The molecule has 34 heavy (non-hydrogen) atoms. The topological polar surface area (TPSA) is 87.9 Å². The third-order valence-electron chi connectivity index (χ3n) is 6.40. The van der Waals surface area contributed by atoms with Crippen LogP contribution in [0.4, 0.5) is 8.78 Å². The standard InChI is InChI=1S/C23H18F2N4O4S/c24-14-4-3-12-13(18(14)25)11-34-16-2-1-6-26-19(16)20(12)29-17-10-33-9-8-27(17)23(32)21-22(31)15(30)5-7-28(21)29/h1-7,17,20,31H,8-11H2. The lowest BCUT2D eigenvalue weighted by Gasteiger charge is -2.51. The monoisotopic (exact) mass is 484 g/mol. The molecule has 174 valence electrons. The van der Waals surface area contributed by atoms with Gasteiger partial charge in [-0.25, -0.2) is 8.78 Å². The minimum Gasteiger partial charge on any atom is -0.502 e. The molecule has 8 nitrogen and oxygen atoms in total. The van der Waals surface area contributed by atoms with Crippen LogP contribution in [0, 0.1) is 11.6 Å². The molecule has 1 saturated heterocycles. The summed E-state index contributed by atoms with van der Waals surface area (Å²) in [5.41, 5.74) is 0.382. The van der Waals surface area contributed by atoms with Gasteiger partial charge in [-0.05, 0) is 23.8 Å². The van der Waals surface area contributed by atoms with Gasteiger partial charge in [-0.15, -0.1) is 11.8 Å². The first-order valence-corrected chi connectivity index (χ1v) is 11.6. The predicted octanol–water partition coefficient (Wildman–Crippen LogP) is 2.37. The third kappa shape index (κ3) is 2.96. The first kappa shape index (κ1) is 21.1. The Bertz CT molecular complexity index is 1400. The summed E-state index contributed by atoms with van der Waals surface area (Å²) in [4.78, 5) is 32.4. The fourth-order valence-electron chi connectivity index (χ4n) is 4.84. The van der Waals surface area contributed by atoms with Crippen LogP contribution in [0.25, 0.3) is 0 Å². The molecule has 3 aliphatic heterocycles. The lowest BCUT2D eigenvalue weighted by molar-refractivity contribution is -0.0199. The zero-order chi connectivity index (χ0) is 23.6. The summed E-state index contributed by atoms with van der Waals surface area (Å²) in [6.07, 6.45) is 2.38. The molecule has 2 unspecified atom stereocenters. The molecule has 1 N–H and O–H groups in total. The lowest BCUT2D eigenvalue weighted by Crippen LogP contribution is -2.66. The van der Waals surface area contributed by atoms with Crippen molar-refractivity contribution in [2.45, 2.75) is 22.9 Å². The van der Waals surface area contributed by atoms with Gasteiger partial charge in [0.25, 0.3) is 5.91 Å². The van der Waals surface area contributed by atoms with Crippen LogP contribution >= 0.6 is 11.8 Å². The number of aromatic hydroxyl groups is 1. The van der Waals surface area contributed by atoms with Gasteiger partial charge in [-0.1, -0.05) is 6.07 Å². The van der Waals surface area contributed by atoms with Crippen LogP contribution in [0.2, 0.25) is 0 Å². The molecule has 0 aliphatic carbocycles. The smallest absolute Gasteiger partial charge is 0.278 e. The second-order valence-electron chi connectivity index (χ2n) is 8.16. The van der Waals surface area contributed by atoms with Gasteiger partial charge in [-0.3, -0.25) is 24.3 Å². The van der Waals surface area contributed by atoms with Crippen LogP contribution in [0.5, 0.6) is 5.75 Å². The largest absolute Gasteiger partial charge is 0.502 e. The summed E-state index contributed by atoms with van der Waals surface area (Å²) in [5.74, 6) is -2.87. The fourth-order valence-corrected chi connectivity index (χ4v) is 5.92. The van der Waals surface area contributed by atoms with Crippen LogP contribution < -0.4 is 10.4 Å². The molecule has 0 saturated carbocycles. The second kappa shape index (κ2) is 7.81. The Kier molecular flexibility index (Phi) is 4.85. The van der Waals surface area contributed by atoms with E-state index >= 15 is 4.39 Å². The van der Waals surface area contributed by atoms with E-state index in [1.165, 1.54) is 33.6 Å². The van der Waals surface area contributed by atoms with Crippen molar-refractivity contribution < 1.29 is 23.4 Å². The number of hydrogen-bond donors (Lipinski definition) is 1. The van der Waals surface area contributed by atoms with Gasteiger partial charge in [0, 0.05) is 41.2 Å². The highest BCUT2D eigenvalue weighted by molar-refractivity contribution is 7.98. The maximum absolute atomic E-state index is 15.0. The number of carbonyl (C=O) groups is 1. The molecular weight excluding hydrogens is 466 g/mol. The molecule has 0 bridgehead atoms. The minimum absolute atomic E-state index is 0.142. The Labute approximate surface area is 196 Å². The maximum Gasteiger partial charge on any atom is 0.278 e. The highest BCUT2D eigenvalue weighted by Crippen LogP contribution is 2.44. The normalized spacial score (nSPS) is 21.3. The van der Waals surface area contributed by atoms with Crippen molar-refractivity contribution in [1.82, 2.24) is 14.6 Å². The molecule has 0 radical (unpaired) electrons. The Hall–Kier alpha value is -3.44. The molecule has 1 fully saturated rings. The SMILES string of the molecule is O=C1c2c(O)c(=O)ccn2N(C2c3ccc(F)c(F)c3CSc3cccnc32)C2COCCN12. The average Bonchev–Trinajstić information content (AvgIpc) is 3.01. The van der Waals surface area contributed by atoms with Crippen LogP contribution in [0.3, 0.4) is 0 Å². The van der Waals surface area contributed by atoms with E-state index in [9.17, 15) is 19.1 Å². The third-order valence-corrected chi connectivity index (χ3v) is 7.49. The van der Waals surface area contributed by atoms with E-state index in [-0.39, 0.29) is 30.2 Å². The van der Waals surface area contributed by atoms with Crippen LogP contribution in [-0.4, -0.2) is 51.5 Å². The number of fused-ring (bicyclic) bond motifs is 4. The van der Waals surface area contributed by atoms with Crippen molar-refractivity contribution in [3.8, 4) is 5.75 Å². The Morgan fingerprint density at radius 1 is 1.18 bits per heavy atom. The van der Waals surface area contributed by atoms with E-state index in [4.69, 9.17) is 4.74 Å². The van der Waals surface area contributed by atoms with Crippen molar-refractivity contribution in [3.05, 3.63) is 87.1 Å². The highest BCUT2D eigenvalue weighted by atomic mass is 32.2. The molecular formula is C23H18F2N4O4S. The number of pyridine rings is 2. The number of morpholine rings is 1. The summed E-state index contributed by atoms with van der Waals surface area (Å²) in [6, 6.07) is 6.62. The number of rotatable bonds is 1. The van der Waals surface area contributed by atoms with Gasteiger partial charge < -0.3 is 14.7 Å². The maximum atomic E-state index is 15.0. The summed E-state index contributed by atoms with van der Waals surface area (Å²) >= 11 is 1.34. The highest BCUT2D eigenvalue weighted by Gasteiger charge is 2.46. The van der Waals surface area contributed by atoms with E-state index in [0.717, 1.165) is 17.0 Å². The Balaban J connectivity index is 1.67.